The molecule has 0 radical (unpaired) electrons. The molecule has 1 nitrogen and oxygen atoms in total. The third-order valence-electron chi connectivity index (χ3n) is 3.70. The van der Waals surface area contributed by atoms with E-state index in [-0.39, 0.29) is 0 Å². The summed E-state index contributed by atoms with van der Waals surface area (Å²) >= 11 is 0. The van der Waals surface area contributed by atoms with Crippen molar-refractivity contribution in [1.29, 1.82) is 0 Å². The first-order chi connectivity index (χ1) is 8.33. The van der Waals surface area contributed by atoms with Gasteiger partial charge in [0.2, 0.25) is 0 Å². The molecule has 2 rings (SSSR count). The monoisotopic (exact) mass is 231 g/mol. The van der Waals surface area contributed by atoms with Gasteiger partial charge in [0.15, 0.2) is 0 Å². The van der Waals surface area contributed by atoms with Crippen molar-refractivity contribution in [2.75, 3.05) is 6.54 Å². The number of aryl methyl sites for hydroxylation is 1. The van der Waals surface area contributed by atoms with Gasteiger partial charge in [-0.1, -0.05) is 51.0 Å². The quantitative estimate of drug-likeness (QED) is 0.745. The highest BCUT2D eigenvalue weighted by atomic mass is 14.9. The number of benzene rings is 1. The van der Waals surface area contributed by atoms with Crippen molar-refractivity contribution in [1.82, 2.24) is 5.32 Å². The molecule has 94 valence electrons. The number of rotatable bonds is 7. The lowest BCUT2D eigenvalue weighted by Crippen LogP contribution is -2.22. The van der Waals surface area contributed by atoms with Crippen LogP contribution >= 0.6 is 0 Å². The van der Waals surface area contributed by atoms with Crippen LogP contribution in [0.3, 0.4) is 0 Å². The van der Waals surface area contributed by atoms with E-state index in [9.17, 15) is 0 Å². The molecule has 0 aromatic heterocycles. The van der Waals surface area contributed by atoms with E-state index in [4.69, 9.17) is 0 Å². The Bertz CT molecular complexity index is 324. The number of hydrogen-bond acceptors (Lipinski definition) is 1. The molecular weight excluding hydrogens is 206 g/mol. The topological polar surface area (TPSA) is 12.0 Å². The van der Waals surface area contributed by atoms with Crippen LogP contribution in [0.15, 0.2) is 24.3 Å². The smallest absolute Gasteiger partial charge is 0.0322 e. The predicted molar refractivity (Wildman–Crippen MR) is 74.2 cm³/mol. The zero-order chi connectivity index (χ0) is 12.1. The van der Waals surface area contributed by atoms with Gasteiger partial charge >= 0.3 is 0 Å². The third kappa shape index (κ3) is 3.85. The molecule has 0 aliphatic heterocycles. The Hall–Kier alpha value is -0.820. The molecule has 1 aliphatic rings. The molecule has 17 heavy (non-hydrogen) atoms. The van der Waals surface area contributed by atoms with Crippen LogP contribution in [0, 0.1) is 5.92 Å². The Labute approximate surface area is 106 Å². The van der Waals surface area contributed by atoms with Gasteiger partial charge in [0.1, 0.15) is 0 Å². The first-order valence-electron chi connectivity index (χ1n) is 7.15. The highest BCUT2D eigenvalue weighted by Gasteiger charge is 2.25. The van der Waals surface area contributed by atoms with Crippen LogP contribution in [-0.4, -0.2) is 6.54 Å². The molecule has 1 aliphatic carbocycles. The summed E-state index contributed by atoms with van der Waals surface area (Å²) in [6.07, 6.45) is 6.56. The van der Waals surface area contributed by atoms with Crippen molar-refractivity contribution >= 4 is 0 Å². The fraction of sp³-hybridized carbons (Fsp3) is 0.625. The molecule has 0 amide bonds. The second kappa shape index (κ2) is 6.20. The Morgan fingerprint density at radius 3 is 2.41 bits per heavy atom. The molecule has 1 heteroatoms. The van der Waals surface area contributed by atoms with Gasteiger partial charge in [-0.2, -0.15) is 0 Å². The van der Waals surface area contributed by atoms with Crippen molar-refractivity contribution < 1.29 is 0 Å². The van der Waals surface area contributed by atoms with Crippen molar-refractivity contribution in [3.63, 3.8) is 0 Å². The minimum Gasteiger partial charge on any atom is -0.310 e. The van der Waals surface area contributed by atoms with Gasteiger partial charge in [0, 0.05) is 6.04 Å². The zero-order valence-corrected chi connectivity index (χ0v) is 11.2. The fourth-order valence-electron chi connectivity index (χ4n) is 2.33. The molecule has 1 saturated carbocycles. The molecule has 1 fully saturated rings. The molecule has 0 heterocycles. The molecular formula is C16H25N. The lowest BCUT2D eigenvalue weighted by Gasteiger charge is -2.19. The summed E-state index contributed by atoms with van der Waals surface area (Å²) in [6.45, 7) is 5.58. The largest absolute Gasteiger partial charge is 0.310 e. The van der Waals surface area contributed by atoms with Gasteiger partial charge in [0.05, 0.1) is 0 Å². The summed E-state index contributed by atoms with van der Waals surface area (Å²) in [4.78, 5) is 0. The Balaban J connectivity index is 2.00. The Kier molecular flexibility index (Phi) is 4.61. The summed E-state index contributed by atoms with van der Waals surface area (Å²) in [5, 5.41) is 3.69. The standard InChI is InChI=1S/C16H25N/c1-3-11-17-16(12-14-5-6-14)15-9-7-13(4-2)8-10-15/h7-10,14,16-17H,3-6,11-12H2,1-2H3. The Morgan fingerprint density at radius 1 is 1.18 bits per heavy atom. The van der Waals surface area contributed by atoms with Crippen LogP contribution < -0.4 is 5.32 Å². The minimum absolute atomic E-state index is 0.577. The highest BCUT2D eigenvalue weighted by Crippen LogP contribution is 2.37. The number of nitrogens with one attached hydrogen (secondary N) is 1. The van der Waals surface area contributed by atoms with E-state index in [0.717, 1.165) is 18.9 Å². The van der Waals surface area contributed by atoms with Crippen molar-refractivity contribution in [3.05, 3.63) is 35.4 Å². The van der Waals surface area contributed by atoms with E-state index in [2.05, 4.69) is 43.4 Å². The van der Waals surface area contributed by atoms with Crippen LogP contribution in [0.25, 0.3) is 0 Å². The van der Waals surface area contributed by atoms with Crippen LogP contribution in [0.5, 0.6) is 0 Å². The van der Waals surface area contributed by atoms with Crippen molar-refractivity contribution in [2.24, 2.45) is 5.92 Å². The summed E-state index contributed by atoms with van der Waals surface area (Å²) in [5.74, 6) is 0.982. The summed E-state index contributed by atoms with van der Waals surface area (Å²) < 4.78 is 0. The SMILES string of the molecule is CCCNC(CC1CC1)c1ccc(CC)cc1. The van der Waals surface area contributed by atoms with Crippen LogP contribution in [0.1, 0.15) is 56.7 Å². The first-order valence-corrected chi connectivity index (χ1v) is 7.15. The van der Waals surface area contributed by atoms with E-state index < -0.39 is 0 Å². The highest BCUT2D eigenvalue weighted by molar-refractivity contribution is 5.25. The molecule has 1 atom stereocenters. The average molecular weight is 231 g/mol. The summed E-state index contributed by atoms with van der Waals surface area (Å²) in [5.41, 5.74) is 2.91. The fourth-order valence-corrected chi connectivity index (χ4v) is 2.33. The van der Waals surface area contributed by atoms with E-state index in [1.54, 1.807) is 0 Å². The predicted octanol–water partition coefficient (Wildman–Crippen LogP) is 4.09. The maximum absolute atomic E-state index is 3.69. The van der Waals surface area contributed by atoms with Crippen LogP contribution in [0.4, 0.5) is 0 Å². The third-order valence-corrected chi connectivity index (χ3v) is 3.70. The van der Waals surface area contributed by atoms with Crippen molar-refractivity contribution in [3.8, 4) is 0 Å². The number of hydrogen-bond donors (Lipinski definition) is 1. The second-order valence-electron chi connectivity index (χ2n) is 5.28. The first kappa shape index (κ1) is 12.6. The van der Waals surface area contributed by atoms with Crippen LogP contribution in [-0.2, 0) is 6.42 Å². The maximum atomic E-state index is 3.69. The van der Waals surface area contributed by atoms with E-state index in [1.165, 1.54) is 36.8 Å². The second-order valence-corrected chi connectivity index (χ2v) is 5.28. The summed E-state index contributed by atoms with van der Waals surface area (Å²) in [7, 11) is 0. The van der Waals surface area contributed by atoms with E-state index in [1.807, 2.05) is 0 Å². The van der Waals surface area contributed by atoms with Gasteiger partial charge in [-0.3, -0.25) is 0 Å². The molecule has 1 N–H and O–H groups in total. The van der Waals surface area contributed by atoms with Gasteiger partial charge < -0.3 is 5.32 Å². The molecule has 0 bridgehead atoms. The molecule has 0 saturated heterocycles. The van der Waals surface area contributed by atoms with Gasteiger partial charge in [-0.25, -0.2) is 0 Å². The molecule has 1 aromatic carbocycles. The van der Waals surface area contributed by atoms with Gasteiger partial charge in [-0.05, 0) is 42.9 Å². The van der Waals surface area contributed by atoms with E-state index in [0.29, 0.717) is 6.04 Å². The minimum atomic E-state index is 0.577. The summed E-state index contributed by atoms with van der Waals surface area (Å²) in [6, 6.07) is 9.77. The lowest BCUT2D eigenvalue weighted by atomic mass is 9.99. The van der Waals surface area contributed by atoms with Gasteiger partial charge in [0.25, 0.3) is 0 Å². The van der Waals surface area contributed by atoms with E-state index >= 15 is 0 Å². The normalized spacial score (nSPS) is 17.1. The van der Waals surface area contributed by atoms with Crippen LogP contribution in [0.2, 0.25) is 0 Å². The average Bonchev–Trinajstić information content (AvgIpc) is 3.18. The molecule has 0 spiro atoms. The van der Waals surface area contributed by atoms with Gasteiger partial charge in [-0.15, -0.1) is 0 Å². The lowest BCUT2D eigenvalue weighted by molar-refractivity contribution is 0.474. The Morgan fingerprint density at radius 2 is 1.88 bits per heavy atom. The van der Waals surface area contributed by atoms with Crippen molar-refractivity contribution in [2.45, 2.75) is 52.0 Å². The maximum Gasteiger partial charge on any atom is 0.0322 e. The molecule has 1 unspecified atom stereocenters. The zero-order valence-electron chi connectivity index (χ0n) is 11.2. The molecule has 1 aromatic rings.